The number of carbonyl (C=O) groups excluding carboxylic acids is 1. The molecule has 0 saturated carbocycles. The third kappa shape index (κ3) is 8.10. The zero-order valence-electron chi connectivity index (χ0n) is 28.2. The molecule has 6 aromatic rings. The minimum atomic E-state index is -4.06. The summed E-state index contributed by atoms with van der Waals surface area (Å²) in [5.74, 6) is -0.244. The summed E-state index contributed by atoms with van der Waals surface area (Å²) in [5.41, 5.74) is 9.43. The normalized spacial score (nSPS) is 12.3. The number of hydrogen-bond acceptors (Lipinski definition) is 8. The number of nitrogens with one attached hydrogen (secondary N) is 1. The van der Waals surface area contributed by atoms with Crippen LogP contribution in [0.3, 0.4) is 0 Å². The van der Waals surface area contributed by atoms with Gasteiger partial charge in [0.2, 0.25) is 0 Å². The van der Waals surface area contributed by atoms with Crippen LogP contribution < -0.4 is 10.5 Å². The fraction of sp³-hybridized carbons (Fsp3) is 0.211. The maximum Gasteiger partial charge on any atom is 0.305 e. The molecule has 6 rings (SSSR count). The molecule has 52 heavy (non-hydrogen) atoms. The molecule has 0 aliphatic carbocycles. The van der Waals surface area contributed by atoms with Crippen LogP contribution >= 0.6 is 27.7 Å². The number of hydrogen-bond donors (Lipinski definition) is 2. The summed E-state index contributed by atoms with van der Waals surface area (Å²) < 4.78 is 71.6. The molecule has 0 radical (unpaired) electrons. The number of fused-ring (bicyclic) bond motifs is 1. The number of methoxy groups -OCH3 is 1. The van der Waals surface area contributed by atoms with Gasteiger partial charge in [0.05, 0.1) is 41.0 Å². The second-order valence-electron chi connectivity index (χ2n) is 12.0. The summed E-state index contributed by atoms with van der Waals surface area (Å²) in [6, 6.07) is 20.2. The first kappa shape index (κ1) is 37.3. The van der Waals surface area contributed by atoms with Crippen LogP contribution in [-0.2, 0) is 26.0 Å². The van der Waals surface area contributed by atoms with Gasteiger partial charge in [0.1, 0.15) is 17.4 Å². The van der Waals surface area contributed by atoms with E-state index in [1.165, 1.54) is 49.8 Å². The van der Waals surface area contributed by atoms with E-state index in [0.717, 1.165) is 25.6 Å². The number of aryl methyl sites for hydroxylation is 2. The second kappa shape index (κ2) is 16.0. The Morgan fingerprint density at radius 3 is 2.58 bits per heavy atom. The van der Waals surface area contributed by atoms with Crippen molar-refractivity contribution in [2.24, 2.45) is 5.73 Å². The topological polar surface area (TPSA) is 129 Å². The fourth-order valence-corrected chi connectivity index (χ4v) is 8.40. The van der Waals surface area contributed by atoms with Crippen molar-refractivity contribution in [3.63, 3.8) is 0 Å². The second-order valence-corrected chi connectivity index (χ2v) is 16.0. The number of nitrogens with two attached hydrogens (primary N) is 1. The molecule has 0 aliphatic heterocycles. The van der Waals surface area contributed by atoms with Gasteiger partial charge in [-0.2, -0.15) is 11.8 Å². The third-order valence-corrected chi connectivity index (χ3v) is 11.8. The molecule has 0 amide bonds. The number of aromatic nitrogens is 3. The average molecular weight is 810 g/mol. The van der Waals surface area contributed by atoms with E-state index in [0.29, 0.717) is 41.0 Å². The Balaban J connectivity index is 1.33. The quantitative estimate of drug-likeness (QED) is 0.0827. The summed E-state index contributed by atoms with van der Waals surface area (Å²) in [6.45, 7) is 1.86. The fourth-order valence-electron chi connectivity index (χ4n) is 5.74. The lowest BCUT2D eigenvalue weighted by Crippen LogP contribution is -2.12. The molecule has 0 fully saturated rings. The Morgan fingerprint density at radius 2 is 1.83 bits per heavy atom. The van der Waals surface area contributed by atoms with E-state index in [1.54, 1.807) is 30.0 Å². The highest BCUT2D eigenvalue weighted by Crippen LogP contribution is 2.38. The van der Waals surface area contributed by atoms with Crippen LogP contribution in [0.15, 0.2) is 101 Å². The number of benzene rings is 4. The molecule has 14 heteroatoms. The number of imidazole rings is 1. The van der Waals surface area contributed by atoms with Gasteiger partial charge in [-0.05, 0) is 85.4 Å². The average Bonchev–Trinajstić information content (AvgIpc) is 3.79. The minimum absolute atomic E-state index is 0.0663. The molecular formula is C38H35BrF2N4O5S2. The van der Waals surface area contributed by atoms with E-state index >= 15 is 8.78 Å². The van der Waals surface area contributed by atoms with Gasteiger partial charge in [-0.3, -0.25) is 4.79 Å². The SMILES string of the molecule is COC(=O)CCCSCCc1c(Oc2ccc(F)c(-c3ncc(C(N)c4cccc(Br)c4)[nH]3)c2)c(F)cc2c1ccn2S(=O)(=O)c1ccc(C)cc1. The number of esters is 1. The van der Waals surface area contributed by atoms with Gasteiger partial charge in [-0.1, -0.05) is 45.8 Å². The van der Waals surface area contributed by atoms with E-state index < -0.39 is 27.7 Å². The zero-order chi connectivity index (χ0) is 37.0. The van der Waals surface area contributed by atoms with Crippen molar-refractivity contribution in [2.75, 3.05) is 18.6 Å². The molecule has 1 unspecified atom stereocenters. The largest absolute Gasteiger partial charge is 0.469 e. The van der Waals surface area contributed by atoms with Crippen LogP contribution in [0.4, 0.5) is 8.78 Å². The van der Waals surface area contributed by atoms with Crippen molar-refractivity contribution in [3.05, 3.63) is 130 Å². The predicted molar refractivity (Wildman–Crippen MR) is 202 cm³/mol. The molecule has 0 bridgehead atoms. The highest BCUT2D eigenvalue weighted by molar-refractivity contribution is 9.10. The number of halogens is 3. The summed E-state index contributed by atoms with van der Waals surface area (Å²) in [5, 5.41) is 0.488. The van der Waals surface area contributed by atoms with Gasteiger partial charge >= 0.3 is 5.97 Å². The highest BCUT2D eigenvalue weighted by Gasteiger charge is 2.25. The van der Waals surface area contributed by atoms with Crippen molar-refractivity contribution >= 4 is 54.6 Å². The molecule has 2 heterocycles. The van der Waals surface area contributed by atoms with E-state index in [4.69, 9.17) is 15.2 Å². The van der Waals surface area contributed by atoms with Gasteiger partial charge < -0.3 is 20.2 Å². The Labute approximate surface area is 312 Å². The molecule has 1 atom stereocenters. The number of H-pyrrole nitrogens is 1. The Hall–Kier alpha value is -4.50. The Morgan fingerprint density at radius 1 is 1.04 bits per heavy atom. The van der Waals surface area contributed by atoms with Crippen molar-refractivity contribution in [1.82, 2.24) is 13.9 Å². The molecule has 0 saturated heterocycles. The molecule has 9 nitrogen and oxygen atoms in total. The Bertz CT molecular complexity index is 2350. The number of aromatic amines is 1. The molecule has 2 aromatic heterocycles. The van der Waals surface area contributed by atoms with Crippen molar-refractivity contribution in [2.45, 2.75) is 37.1 Å². The number of carbonyl (C=O) groups is 1. The van der Waals surface area contributed by atoms with E-state index in [9.17, 15) is 13.2 Å². The van der Waals surface area contributed by atoms with Gasteiger partial charge in [0.15, 0.2) is 11.6 Å². The van der Waals surface area contributed by atoms with E-state index in [2.05, 4.69) is 25.9 Å². The van der Waals surface area contributed by atoms with Crippen LogP contribution in [0.5, 0.6) is 11.5 Å². The Kier molecular flexibility index (Phi) is 11.5. The van der Waals surface area contributed by atoms with E-state index in [1.807, 2.05) is 31.2 Å². The molecule has 3 N–H and O–H groups in total. The lowest BCUT2D eigenvalue weighted by Gasteiger charge is -2.16. The summed E-state index contributed by atoms with van der Waals surface area (Å²) in [7, 11) is -2.71. The predicted octanol–water partition coefficient (Wildman–Crippen LogP) is 8.69. The lowest BCUT2D eigenvalue weighted by molar-refractivity contribution is -0.140. The monoisotopic (exact) mass is 808 g/mol. The minimum Gasteiger partial charge on any atom is -0.469 e. The summed E-state index contributed by atoms with van der Waals surface area (Å²) >= 11 is 5.01. The third-order valence-electron chi connectivity index (χ3n) is 8.49. The smallest absolute Gasteiger partial charge is 0.305 e. The highest BCUT2D eigenvalue weighted by atomic mass is 79.9. The standard InChI is InChI=1S/C38H35BrF2N4O5S2/c1-23-8-11-27(12-9-23)52(47,48)45-16-14-28-29(15-18-51-17-4-7-35(46)49-2)37(32(41)21-34(28)45)50-26-10-13-31(40)30(20-26)38-43-22-33(44-38)36(42)24-5-3-6-25(39)19-24/h3,5-6,8-14,16,19-22,36H,4,7,15,17-18,42H2,1-2H3,(H,43,44). The first-order valence-corrected chi connectivity index (χ1v) is 19.7. The maximum atomic E-state index is 16.2. The molecule has 0 spiro atoms. The number of nitrogens with zero attached hydrogens (tertiary/aromatic N) is 2. The van der Waals surface area contributed by atoms with Crippen LogP contribution in [0, 0.1) is 18.6 Å². The number of rotatable bonds is 14. The van der Waals surface area contributed by atoms with Crippen LogP contribution in [0.2, 0.25) is 0 Å². The van der Waals surface area contributed by atoms with Gasteiger partial charge in [0, 0.05) is 34.1 Å². The maximum absolute atomic E-state index is 16.2. The van der Waals surface area contributed by atoms with Crippen molar-refractivity contribution < 1.29 is 31.5 Å². The van der Waals surface area contributed by atoms with Crippen molar-refractivity contribution in [1.29, 1.82) is 0 Å². The van der Waals surface area contributed by atoms with Gasteiger partial charge in [-0.25, -0.2) is 26.2 Å². The molecule has 0 aliphatic rings. The number of ether oxygens (including phenoxy) is 2. The van der Waals surface area contributed by atoms with Crippen LogP contribution in [-0.4, -0.2) is 46.9 Å². The molecular weight excluding hydrogens is 774 g/mol. The molecule has 270 valence electrons. The van der Waals surface area contributed by atoms with Gasteiger partial charge in [0.25, 0.3) is 10.0 Å². The van der Waals surface area contributed by atoms with E-state index in [-0.39, 0.29) is 45.7 Å². The number of thioether (sulfide) groups is 1. The van der Waals surface area contributed by atoms with Crippen LogP contribution in [0.25, 0.3) is 22.3 Å². The first-order valence-electron chi connectivity index (χ1n) is 16.3. The first-order chi connectivity index (χ1) is 25.0. The van der Waals surface area contributed by atoms with Gasteiger partial charge in [-0.15, -0.1) is 0 Å². The molecule has 4 aromatic carbocycles. The summed E-state index contributed by atoms with van der Waals surface area (Å²) in [6.07, 6.45) is 4.13. The lowest BCUT2D eigenvalue weighted by atomic mass is 10.1. The van der Waals surface area contributed by atoms with Crippen molar-refractivity contribution in [3.8, 4) is 22.9 Å². The zero-order valence-corrected chi connectivity index (χ0v) is 31.5. The van der Waals surface area contributed by atoms with Crippen LogP contribution in [0.1, 0.15) is 41.3 Å². The summed E-state index contributed by atoms with van der Waals surface area (Å²) in [4.78, 5) is 19.1.